The number of amides is 1. The molecule has 2 aromatic rings. The maximum absolute atomic E-state index is 12.9. The summed E-state index contributed by atoms with van der Waals surface area (Å²) in [7, 11) is 0. The highest BCUT2D eigenvalue weighted by Gasteiger charge is 2.25. The van der Waals surface area contributed by atoms with Crippen LogP contribution in [0.15, 0.2) is 16.2 Å². The summed E-state index contributed by atoms with van der Waals surface area (Å²) in [4.78, 5) is 30.8. The van der Waals surface area contributed by atoms with Crippen LogP contribution in [0.25, 0.3) is 0 Å². The van der Waals surface area contributed by atoms with Crippen molar-refractivity contribution in [2.75, 3.05) is 24.7 Å². The van der Waals surface area contributed by atoms with E-state index in [-0.39, 0.29) is 18.0 Å². The molecule has 3 heterocycles. The van der Waals surface area contributed by atoms with Crippen molar-refractivity contribution >= 4 is 22.2 Å². The Morgan fingerprint density at radius 1 is 1.29 bits per heavy atom. The van der Waals surface area contributed by atoms with Gasteiger partial charge in [-0.15, -0.1) is 11.3 Å². The fourth-order valence-electron chi connectivity index (χ4n) is 4.25. The van der Waals surface area contributed by atoms with Gasteiger partial charge < -0.3 is 19.9 Å². The topological polar surface area (TPSA) is 74.4 Å². The van der Waals surface area contributed by atoms with Crippen LogP contribution in [0.4, 0.5) is 5.00 Å². The molecule has 31 heavy (non-hydrogen) atoms. The number of ether oxygens (including phenoxy) is 1. The van der Waals surface area contributed by atoms with Crippen molar-refractivity contribution in [2.45, 2.75) is 72.4 Å². The molecule has 0 bridgehead atoms. The van der Waals surface area contributed by atoms with E-state index in [1.807, 2.05) is 25.3 Å². The molecule has 0 unspecified atom stereocenters. The van der Waals surface area contributed by atoms with Gasteiger partial charge >= 0.3 is 0 Å². The molecule has 2 N–H and O–H groups in total. The normalized spacial score (nSPS) is 14.6. The first-order valence-corrected chi connectivity index (χ1v) is 12.3. The zero-order valence-corrected chi connectivity index (χ0v) is 20.0. The summed E-state index contributed by atoms with van der Waals surface area (Å²) in [5.41, 5.74) is 4.11. The summed E-state index contributed by atoms with van der Waals surface area (Å²) in [5.74, 6) is -0.128. The van der Waals surface area contributed by atoms with Crippen molar-refractivity contribution < 1.29 is 9.53 Å². The highest BCUT2D eigenvalue weighted by molar-refractivity contribution is 7.14. The van der Waals surface area contributed by atoms with Crippen LogP contribution >= 0.6 is 11.3 Å². The zero-order chi connectivity index (χ0) is 22.4. The minimum atomic E-state index is -0.128. The zero-order valence-electron chi connectivity index (χ0n) is 19.2. The van der Waals surface area contributed by atoms with Crippen LogP contribution in [0, 0.1) is 13.8 Å². The lowest BCUT2D eigenvalue weighted by molar-refractivity contribution is 0.0847. The van der Waals surface area contributed by atoms with E-state index in [1.54, 1.807) is 11.3 Å². The molecule has 1 aliphatic heterocycles. The van der Waals surface area contributed by atoms with Gasteiger partial charge in [0.1, 0.15) is 0 Å². The van der Waals surface area contributed by atoms with Crippen molar-refractivity contribution in [3.63, 3.8) is 0 Å². The van der Waals surface area contributed by atoms with Crippen LogP contribution in [0.5, 0.6) is 0 Å². The van der Waals surface area contributed by atoms with Gasteiger partial charge in [-0.2, -0.15) is 0 Å². The number of aryl methyl sites for hydroxylation is 2. The maximum atomic E-state index is 12.9. The molecule has 1 fully saturated rings. The van der Waals surface area contributed by atoms with E-state index in [4.69, 9.17) is 4.74 Å². The van der Waals surface area contributed by atoms with E-state index in [9.17, 15) is 9.59 Å². The largest absolute Gasteiger partial charge is 0.381 e. The van der Waals surface area contributed by atoms with E-state index in [2.05, 4.69) is 29.0 Å². The molecule has 0 atom stereocenters. The van der Waals surface area contributed by atoms with Gasteiger partial charge in [-0.25, -0.2) is 0 Å². The van der Waals surface area contributed by atoms with Gasteiger partial charge in [-0.3, -0.25) is 9.59 Å². The van der Waals surface area contributed by atoms with Crippen LogP contribution < -0.4 is 15.8 Å². The number of unbranched alkanes of at least 4 members (excludes halogenated alkanes) is 1. The number of rotatable bonds is 9. The van der Waals surface area contributed by atoms with Crippen molar-refractivity contribution in [3.05, 3.63) is 49.7 Å². The number of nitrogens with one attached hydrogen (secondary N) is 2. The second kappa shape index (κ2) is 11.0. The van der Waals surface area contributed by atoms with Crippen LogP contribution in [-0.4, -0.2) is 36.7 Å². The molecule has 0 saturated carbocycles. The Kier molecular flexibility index (Phi) is 8.32. The van der Waals surface area contributed by atoms with Gasteiger partial charge in [0.15, 0.2) is 0 Å². The summed E-state index contributed by atoms with van der Waals surface area (Å²) in [6.45, 7) is 11.0. The smallest absolute Gasteiger partial charge is 0.253 e. The van der Waals surface area contributed by atoms with Gasteiger partial charge in [-0.05, 0) is 63.6 Å². The number of thiophene rings is 1. The lowest BCUT2D eigenvalue weighted by Gasteiger charge is -2.34. The monoisotopic (exact) mass is 445 g/mol. The first-order valence-electron chi connectivity index (χ1n) is 11.4. The van der Waals surface area contributed by atoms with Gasteiger partial charge in [-0.1, -0.05) is 13.3 Å². The Morgan fingerprint density at radius 2 is 2.03 bits per heavy atom. The molecule has 0 aliphatic carbocycles. The molecule has 7 heteroatoms. The lowest BCUT2D eigenvalue weighted by atomic mass is 10.1. The first-order chi connectivity index (χ1) is 15.0. The predicted molar refractivity (Wildman–Crippen MR) is 127 cm³/mol. The summed E-state index contributed by atoms with van der Waals surface area (Å²) in [6.07, 6.45) is 5.04. The van der Waals surface area contributed by atoms with Crippen LogP contribution in [-0.2, 0) is 17.7 Å². The lowest BCUT2D eigenvalue weighted by Crippen LogP contribution is -2.39. The number of pyridine rings is 1. The summed E-state index contributed by atoms with van der Waals surface area (Å²) < 4.78 is 5.51. The van der Waals surface area contributed by atoms with E-state index >= 15 is 0 Å². The number of carbonyl (C=O) groups is 1. The molecule has 0 aromatic carbocycles. The fourth-order valence-corrected chi connectivity index (χ4v) is 5.46. The SMILES string of the molecule is CCCCc1cc(C)c(CNC(=O)c2csc(N(CC)C3CCOCC3)c2C)c(=O)[nH]1. The highest BCUT2D eigenvalue weighted by Crippen LogP contribution is 2.34. The minimum Gasteiger partial charge on any atom is -0.381 e. The van der Waals surface area contributed by atoms with Crippen LogP contribution in [0.3, 0.4) is 0 Å². The molecule has 0 radical (unpaired) electrons. The maximum Gasteiger partial charge on any atom is 0.253 e. The Labute approximate surface area is 189 Å². The van der Waals surface area contributed by atoms with E-state index in [0.717, 1.165) is 73.7 Å². The Hall–Kier alpha value is -2.12. The molecule has 0 spiro atoms. The van der Waals surface area contributed by atoms with Crippen molar-refractivity contribution in [1.29, 1.82) is 0 Å². The Bertz CT molecular complexity index is 944. The first kappa shape index (κ1) is 23.5. The number of anilines is 1. The van der Waals surface area contributed by atoms with E-state index < -0.39 is 0 Å². The van der Waals surface area contributed by atoms with Gasteiger partial charge in [0.05, 0.1) is 10.6 Å². The van der Waals surface area contributed by atoms with Gasteiger partial charge in [0.25, 0.3) is 11.5 Å². The van der Waals surface area contributed by atoms with Crippen molar-refractivity contribution in [1.82, 2.24) is 10.3 Å². The third kappa shape index (κ3) is 5.57. The number of hydrogen-bond acceptors (Lipinski definition) is 5. The minimum absolute atomic E-state index is 0.106. The van der Waals surface area contributed by atoms with Crippen LogP contribution in [0.2, 0.25) is 0 Å². The second-order valence-corrected chi connectivity index (χ2v) is 9.14. The fraction of sp³-hybridized carbons (Fsp3) is 0.583. The standard InChI is InChI=1S/C24H35N3O3S/c1-5-7-8-18-13-16(3)20(23(29)26-18)14-25-22(28)21-15-31-24(17(21)4)27(6-2)19-9-11-30-12-10-19/h13,15,19H,5-12,14H2,1-4H3,(H,25,28)(H,26,29). The number of hydrogen-bond donors (Lipinski definition) is 2. The third-order valence-electron chi connectivity index (χ3n) is 6.13. The number of aromatic amines is 1. The molecule has 3 rings (SSSR count). The highest BCUT2D eigenvalue weighted by atomic mass is 32.1. The van der Waals surface area contributed by atoms with Gasteiger partial charge in [0.2, 0.25) is 0 Å². The average Bonchev–Trinajstić information content (AvgIpc) is 3.14. The van der Waals surface area contributed by atoms with Crippen molar-refractivity contribution in [2.24, 2.45) is 0 Å². The van der Waals surface area contributed by atoms with Gasteiger partial charge in [0, 0.05) is 49.0 Å². The number of H-pyrrole nitrogens is 1. The summed E-state index contributed by atoms with van der Waals surface area (Å²) in [6, 6.07) is 2.49. The molecule has 6 nitrogen and oxygen atoms in total. The molecule has 1 amide bonds. The van der Waals surface area contributed by atoms with Crippen molar-refractivity contribution in [3.8, 4) is 0 Å². The summed E-state index contributed by atoms with van der Waals surface area (Å²) in [5, 5.41) is 6.06. The molecule has 2 aromatic heterocycles. The molecule has 1 saturated heterocycles. The van der Waals surface area contributed by atoms with E-state index in [1.165, 1.54) is 0 Å². The third-order valence-corrected chi connectivity index (χ3v) is 7.25. The summed E-state index contributed by atoms with van der Waals surface area (Å²) >= 11 is 1.62. The Morgan fingerprint density at radius 3 is 2.68 bits per heavy atom. The van der Waals surface area contributed by atoms with E-state index in [0.29, 0.717) is 17.2 Å². The van der Waals surface area contributed by atoms with Crippen LogP contribution in [0.1, 0.15) is 72.3 Å². The number of nitrogens with zero attached hydrogens (tertiary/aromatic N) is 1. The molecule has 1 aliphatic rings. The Balaban J connectivity index is 1.70. The number of aromatic nitrogens is 1. The predicted octanol–water partition coefficient (Wildman–Crippen LogP) is 4.33. The molecule has 170 valence electrons. The molecular formula is C24H35N3O3S. The number of carbonyl (C=O) groups excluding carboxylic acids is 1. The average molecular weight is 446 g/mol. The second-order valence-electron chi connectivity index (χ2n) is 8.28. The molecular weight excluding hydrogens is 410 g/mol. The quantitative estimate of drug-likeness (QED) is 0.602.